The molecule has 1 aliphatic heterocycles. The highest BCUT2D eigenvalue weighted by atomic mass is 16.5. The smallest absolute Gasteiger partial charge is 0.162 e. The van der Waals surface area contributed by atoms with Gasteiger partial charge in [0.15, 0.2) is 5.82 Å². The highest BCUT2D eigenvalue weighted by Gasteiger charge is 2.22. The molecule has 0 amide bonds. The SMILES string of the molecule is CCOC(CC)c1nnc2n1Cc1ccccc1CC2. The average Bonchev–Trinajstić information content (AvgIpc) is 2.77. The maximum Gasteiger partial charge on any atom is 0.162 e. The molecule has 0 spiro atoms. The summed E-state index contributed by atoms with van der Waals surface area (Å²) >= 11 is 0. The number of aromatic nitrogens is 3. The van der Waals surface area contributed by atoms with Gasteiger partial charge in [-0.15, -0.1) is 10.2 Å². The van der Waals surface area contributed by atoms with Gasteiger partial charge in [0.25, 0.3) is 0 Å². The van der Waals surface area contributed by atoms with Crippen molar-refractivity contribution in [3.63, 3.8) is 0 Å². The Morgan fingerprint density at radius 1 is 1.15 bits per heavy atom. The van der Waals surface area contributed by atoms with Gasteiger partial charge in [-0.25, -0.2) is 0 Å². The van der Waals surface area contributed by atoms with E-state index in [2.05, 4.69) is 46.0 Å². The summed E-state index contributed by atoms with van der Waals surface area (Å²) in [6, 6.07) is 8.64. The monoisotopic (exact) mass is 271 g/mol. The zero-order valence-corrected chi connectivity index (χ0v) is 12.2. The minimum atomic E-state index is 0.0477. The number of hydrogen-bond acceptors (Lipinski definition) is 3. The lowest BCUT2D eigenvalue weighted by atomic mass is 10.0. The maximum atomic E-state index is 5.81. The van der Waals surface area contributed by atoms with Crippen LogP contribution in [0.3, 0.4) is 0 Å². The van der Waals surface area contributed by atoms with E-state index < -0.39 is 0 Å². The molecule has 2 heterocycles. The molecule has 0 N–H and O–H groups in total. The summed E-state index contributed by atoms with van der Waals surface area (Å²) in [7, 11) is 0. The number of aryl methyl sites for hydroxylation is 2. The molecule has 2 aromatic rings. The van der Waals surface area contributed by atoms with Crippen LogP contribution in [0.2, 0.25) is 0 Å². The summed E-state index contributed by atoms with van der Waals surface area (Å²) in [6.07, 6.45) is 2.96. The van der Waals surface area contributed by atoms with Gasteiger partial charge in [-0.3, -0.25) is 0 Å². The molecule has 0 saturated carbocycles. The molecule has 3 rings (SSSR count). The van der Waals surface area contributed by atoms with E-state index in [1.54, 1.807) is 0 Å². The molecule has 0 saturated heterocycles. The summed E-state index contributed by atoms with van der Waals surface area (Å²) < 4.78 is 8.05. The first-order valence-electron chi connectivity index (χ1n) is 7.43. The molecule has 1 aromatic carbocycles. The van der Waals surface area contributed by atoms with E-state index in [4.69, 9.17) is 4.74 Å². The van der Waals surface area contributed by atoms with Crippen molar-refractivity contribution in [2.75, 3.05) is 6.61 Å². The molecule has 1 aromatic heterocycles. The molecular formula is C16H21N3O. The maximum absolute atomic E-state index is 5.81. The Balaban J connectivity index is 1.98. The van der Waals surface area contributed by atoms with E-state index in [9.17, 15) is 0 Å². The zero-order valence-electron chi connectivity index (χ0n) is 12.2. The first-order chi connectivity index (χ1) is 9.83. The van der Waals surface area contributed by atoms with Gasteiger partial charge in [0.05, 0.1) is 6.54 Å². The third kappa shape index (κ3) is 2.36. The van der Waals surface area contributed by atoms with Crippen LogP contribution in [-0.2, 0) is 24.1 Å². The topological polar surface area (TPSA) is 39.9 Å². The molecule has 1 atom stereocenters. The molecule has 0 fully saturated rings. The van der Waals surface area contributed by atoms with Crippen molar-refractivity contribution in [3.05, 3.63) is 47.0 Å². The lowest BCUT2D eigenvalue weighted by Gasteiger charge is -2.16. The number of hydrogen-bond donors (Lipinski definition) is 0. The second kappa shape index (κ2) is 5.75. The average molecular weight is 271 g/mol. The Morgan fingerprint density at radius 2 is 1.95 bits per heavy atom. The Kier molecular flexibility index (Phi) is 3.83. The predicted molar refractivity (Wildman–Crippen MR) is 77.6 cm³/mol. The highest BCUT2D eigenvalue weighted by Crippen LogP contribution is 2.25. The van der Waals surface area contributed by atoms with Crippen LogP contribution in [0.4, 0.5) is 0 Å². The quantitative estimate of drug-likeness (QED) is 0.858. The molecule has 0 bridgehead atoms. The van der Waals surface area contributed by atoms with Gasteiger partial charge in [-0.1, -0.05) is 31.2 Å². The highest BCUT2D eigenvalue weighted by molar-refractivity contribution is 5.30. The normalized spacial score (nSPS) is 15.3. The van der Waals surface area contributed by atoms with Crippen molar-refractivity contribution >= 4 is 0 Å². The van der Waals surface area contributed by atoms with Crippen LogP contribution in [0, 0.1) is 0 Å². The van der Waals surface area contributed by atoms with Crippen LogP contribution >= 0.6 is 0 Å². The van der Waals surface area contributed by atoms with Gasteiger partial charge in [0, 0.05) is 13.0 Å². The fourth-order valence-corrected chi connectivity index (χ4v) is 2.89. The van der Waals surface area contributed by atoms with Crippen molar-refractivity contribution < 1.29 is 4.74 Å². The van der Waals surface area contributed by atoms with E-state index >= 15 is 0 Å². The summed E-state index contributed by atoms with van der Waals surface area (Å²) in [6.45, 7) is 5.72. The van der Waals surface area contributed by atoms with Gasteiger partial charge in [-0.2, -0.15) is 0 Å². The first kappa shape index (κ1) is 13.3. The minimum absolute atomic E-state index is 0.0477. The van der Waals surface area contributed by atoms with Gasteiger partial charge in [0.1, 0.15) is 11.9 Å². The Morgan fingerprint density at radius 3 is 2.70 bits per heavy atom. The van der Waals surface area contributed by atoms with Gasteiger partial charge >= 0.3 is 0 Å². The zero-order chi connectivity index (χ0) is 13.9. The van der Waals surface area contributed by atoms with E-state index in [1.165, 1.54) is 11.1 Å². The Hall–Kier alpha value is -1.68. The largest absolute Gasteiger partial charge is 0.371 e. The van der Waals surface area contributed by atoms with Gasteiger partial charge < -0.3 is 9.30 Å². The summed E-state index contributed by atoms with van der Waals surface area (Å²) in [5.41, 5.74) is 2.80. The standard InChI is InChI=1S/C16H21N3O/c1-3-14(20-4-2)16-18-17-15-10-9-12-7-5-6-8-13(12)11-19(15)16/h5-8,14H,3-4,9-11H2,1-2H3. The van der Waals surface area contributed by atoms with Crippen LogP contribution in [0.25, 0.3) is 0 Å². The Labute approximate surface area is 119 Å². The van der Waals surface area contributed by atoms with Crippen LogP contribution in [0.1, 0.15) is 49.1 Å². The van der Waals surface area contributed by atoms with Crippen LogP contribution in [-0.4, -0.2) is 21.4 Å². The number of benzene rings is 1. The van der Waals surface area contributed by atoms with E-state index in [1.807, 2.05) is 6.92 Å². The van der Waals surface area contributed by atoms with Crippen molar-refractivity contribution in [1.82, 2.24) is 14.8 Å². The number of nitrogens with zero attached hydrogens (tertiary/aromatic N) is 3. The van der Waals surface area contributed by atoms with Crippen molar-refractivity contribution in [2.24, 2.45) is 0 Å². The molecule has 1 unspecified atom stereocenters. The van der Waals surface area contributed by atoms with Crippen LogP contribution < -0.4 is 0 Å². The number of fused-ring (bicyclic) bond motifs is 2. The lowest BCUT2D eigenvalue weighted by Crippen LogP contribution is -2.13. The van der Waals surface area contributed by atoms with Gasteiger partial charge in [-0.05, 0) is 30.9 Å². The third-order valence-corrected chi connectivity index (χ3v) is 3.95. The summed E-state index contributed by atoms with van der Waals surface area (Å²) in [4.78, 5) is 0. The van der Waals surface area contributed by atoms with Crippen LogP contribution in [0.5, 0.6) is 0 Å². The van der Waals surface area contributed by atoms with Crippen LogP contribution in [0.15, 0.2) is 24.3 Å². The molecule has 0 radical (unpaired) electrons. The van der Waals surface area contributed by atoms with E-state index in [0.717, 1.165) is 37.5 Å². The van der Waals surface area contributed by atoms with E-state index in [0.29, 0.717) is 6.61 Å². The molecule has 4 nitrogen and oxygen atoms in total. The first-order valence-corrected chi connectivity index (χ1v) is 7.43. The second-order valence-corrected chi connectivity index (χ2v) is 5.18. The molecule has 4 heteroatoms. The van der Waals surface area contributed by atoms with Crippen molar-refractivity contribution in [3.8, 4) is 0 Å². The Bertz CT molecular complexity index is 591. The van der Waals surface area contributed by atoms with Gasteiger partial charge in [0.2, 0.25) is 0 Å². The molecular weight excluding hydrogens is 250 g/mol. The number of ether oxygens (including phenoxy) is 1. The van der Waals surface area contributed by atoms with Crippen molar-refractivity contribution in [2.45, 2.75) is 45.8 Å². The molecule has 1 aliphatic rings. The fourth-order valence-electron chi connectivity index (χ4n) is 2.89. The predicted octanol–water partition coefficient (Wildman–Crippen LogP) is 2.91. The second-order valence-electron chi connectivity index (χ2n) is 5.18. The molecule has 106 valence electrons. The summed E-state index contributed by atoms with van der Waals surface area (Å²) in [5.74, 6) is 2.05. The lowest BCUT2D eigenvalue weighted by molar-refractivity contribution is 0.0508. The number of rotatable bonds is 4. The third-order valence-electron chi connectivity index (χ3n) is 3.95. The summed E-state index contributed by atoms with van der Waals surface area (Å²) in [5, 5.41) is 8.77. The fraction of sp³-hybridized carbons (Fsp3) is 0.500. The molecule has 0 aliphatic carbocycles. The van der Waals surface area contributed by atoms with E-state index in [-0.39, 0.29) is 6.10 Å². The molecule has 20 heavy (non-hydrogen) atoms. The van der Waals surface area contributed by atoms with Crippen molar-refractivity contribution in [1.29, 1.82) is 0 Å². The minimum Gasteiger partial charge on any atom is -0.371 e.